The molecule has 0 spiro atoms. The first kappa shape index (κ1) is 23.2. The van der Waals surface area contributed by atoms with E-state index in [1.165, 1.54) is 6.07 Å². The van der Waals surface area contributed by atoms with Crippen molar-refractivity contribution in [1.82, 2.24) is 15.5 Å². The van der Waals surface area contributed by atoms with Gasteiger partial charge in [-0.3, -0.25) is 4.79 Å². The van der Waals surface area contributed by atoms with Gasteiger partial charge in [0.25, 0.3) is 0 Å². The van der Waals surface area contributed by atoms with E-state index in [9.17, 15) is 9.18 Å². The highest BCUT2D eigenvalue weighted by Gasteiger charge is 2.12. The second-order valence-electron chi connectivity index (χ2n) is 7.99. The van der Waals surface area contributed by atoms with Crippen molar-refractivity contribution in [2.24, 2.45) is 0 Å². The van der Waals surface area contributed by atoms with Crippen LogP contribution in [0.4, 0.5) is 4.39 Å². The summed E-state index contributed by atoms with van der Waals surface area (Å²) in [4.78, 5) is 16.4. The Bertz CT molecular complexity index is 1220. The molecule has 0 saturated carbocycles. The van der Waals surface area contributed by atoms with Crippen molar-refractivity contribution in [1.29, 1.82) is 0 Å². The summed E-state index contributed by atoms with van der Waals surface area (Å²) < 4.78 is 24.7. The van der Waals surface area contributed by atoms with Crippen LogP contribution in [0.3, 0.4) is 0 Å². The van der Waals surface area contributed by atoms with Crippen LogP contribution in [0.2, 0.25) is 0 Å². The van der Waals surface area contributed by atoms with Crippen LogP contribution >= 0.6 is 0 Å². The number of halogens is 1. The third-order valence-electron chi connectivity index (χ3n) is 5.37. The lowest BCUT2D eigenvalue weighted by molar-refractivity contribution is -0.121. The van der Waals surface area contributed by atoms with Gasteiger partial charge in [0.15, 0.2) is 0 Å². The minimum Gasteiger partial charge on any atom is -0.489 e. The maximum atomic E-state index is 13.7. The molecule has 0 atom stereocenters. The molecule has 0 radical (unpaired) electrons. The molecule has 4 aromatic rings. The monoisotopic (exact) mass is 459 g/mol. The number of hydrogen-bond donors (Lipinski definition) is 1. The molecule has 1 amide bonds. The third kappa shape index (κ3) is 6.51. The Morgan fingerprint density at radius 3 is 2.56 bits per heavy atom. The number of rotatable bonds is 10. The van der Waals surface area contributed by atoms with Gasteiger partial charge in [-0.1, -0.05) is 59.8 Å². The average Bonchev–Trinajstić information content (AvgIpc) is 3.34. The van der Waals surface area contributed by atoms with Crippen LogP contribution in [-0.2, 0) is 24.2 Å². The van der Waals surface area contributed by atoms with E-state index < -0.39 is 0 Å². The van der Waals surface area contributed by atoms with Crippen molar-refractivity contribution in [3.05, 3.63) is 101 Å². The van der Waals surface area contributed by atoms with Gasteiger partial charge >= 0.3 is 0 Å². The minimum absolute atomic E-state index is 0.0936. The average molecular weight is 460 g/mol. The van der Waals surface area contributed by atoms with E-state index in [1.807, 2.05) is 54.6 Å². The highest BCUT2D eigenvalue weighted by molar-refractivity contribution is 5.76. The molecule has 3 aromatic carbocycles. The Hall–Kier alpha value is -4.00. The van der Waals surface area contributed by atoms with E-state index in [0.717, 1.165) is 16.9 Å². The number of amides is 1. The fraction of sp³-hybridized carbons (Fsp3) is 0.222. The van der Waals surface area contributed by atoms with Crippen molar-refractivity contribution in [2.75, 3.05) is 6.54 Å². The standard InChI is InChI=1S/C27H26FN3O3/c1-19-7-10-22(17-24(19)28)27-30-26(34-31-27)14-13-25(32)29-16-15-20-8-11-23(12-9-20)33-18-21-5-3-2-4-6-21/h2-12,17H,13-16,18H2,1H3,(H,29,32). The summed E-state index contributed by atoms with van der Waals surface area (Å²) in [5.74, 6) is 1.05. The van der Waals surface area contributed by atoms with Crippen LogP contribution in [-0.4, -0.2) is 22.6 Å². The molecule has 34 heavy (non-hydrogen) atoms. The second-order valence-corrected chi connectivity index (χ2v) is 7.99. The van der Waals surface area contributed by atoms with E-state index in [0.29, 0.717) is 48.8 Å². The Balaban J connectivity index is 1.17. The van der Waals surface area contributed by atoms with Gasteiger partial charge in [-0.25, -0.2) is 4.39 Å². The molecule has 0 aliphatic heterocycles. The number of aryl methyl sites for hydroxylation is 2. The summed E-state index contributed by atoms with van der Waals surface area (Å²) in [6, 6.07) is 22.7. The van der Waals surface area contributed by atoms with Crippen LogP contribution in [0.5, 0.6) is 5.75 Å². The fourth-order valence-corrected chi connectivity index (χ4v) is 3.35. The molecule has 174 valence electrons. The van der Waals surface area contributed by atoms with Crippen LogP contribution in [0.1, 0.15) is 29.0 Å². The van der Waals surface area contributed by atoms with E-state index >= 15 is 0 Å². The van der Waals surface area contributed by atoms with Gasteiger partial charge < -0.3 is 14.6 Å². The quantitative estimate of drug-likeness (QED) is 0.359. The number of aromatic nitrogens is 2. The van der Waals surface area contributed by atoms with Gasteiger partial charge in [-0.05, 0) is 48.2 Å². The molecule has 1 aromatic heterocycles. The predicted molar refractivity (Wildman–Crippen MR) is 127 cm³/mol. The zero-order valence-corrected chi connectivity index (χ0v) is 19.0. The van der Waals surface area contributed by atoms with Crippen molar-refractivity contribution < 1.29 is 18.4 Å². The molecule has 6 nitrogen and oxygen atoms in total. The molecule has 4 rings (SSSR count). The maximum absolute atomic E-state index is 13.7. The Morgan fingerprint density at radius 2 is 1.79 bits per heavy atom. The lowest BCUT2D eigenvalue weighted by atomic mass is 10.1. The zero-order chi connectivity index (χ0) is 23.8. The minimum atomic E-state index is -0.322. The van der Waals surface area contributed by atoms with Crippen LogP contribution in [0.25, 0.3) is 11.4 Å². The van der Waals surface area contributed by atoms with Gasteiger partial charge in [0, 0.05) is 24.9 Å². The highest BCUT2D eigenvalue weighted by atomic mass is 19.1. The summed E-state index contributed by atoms with van der Waals surface area (Å²) in [5, 5.41) is 6.78. The first-order valence-electron chi connectivity index (χ1n) is 11.2. The SMILES string of the molecule is Cc1ccc(-c2noc(CCC(=O)NCCc3ccc(OCc4ccccc4)cc3)n2)cc1F. The molecular weight excluding hydrogens is 433 g/mol. The number of nitrogens with one attached hydrogen (secondary N) is 1. The molecule has 0 aliphatic rings. The maximum Gasteiger partial charge on any atom is 0.227 e. The van der Waals surface area contributed by atoms with Crippen LogP contribution in [0.15, 0.2) is 77.3 Å². The number of nitrogens with zero attached hydrogens (tertiary/aromatic N) is 2. The van der Waals surface area contributed by atoms with Gasteiger partial charge in [0.05, 0.1) is 0 Å². The predicted octanol–water partition coefficient (Wildman–Crippen LogP) is 5.05. The molecule has 1 N–H and O–H groups in total. The van der Waals surface area contributed by atoms with Crippen molar-refractivity contribution >= 4 is 5.91 Å². The number of ether oxygens (including phenoxy) is 1. The van der Waals surface area contributed by atoms with E-state index in [-0.39, 0.29) is 18.1 Å². The molecule has 0 fully saturated rings. The summed E-state index contributed by atoms with van der Waals surface area (Å²) in [6.07, 6.45) is 1.27. The Morgan fingerprint density at radius 1 is 1.00 bits per heavy atom. The van der Waals surface area contributed by atoms with Crippen molar-refractivity contribution in [3.63, 3.8) is 0 Å². The van der Waals surface area contributed by atoms with Crippen molar-refractivity contribution in [2.45, 2.75) is 32.8 Å². The summed E-state index contributed by atoms with van der Waals surface area (Å²) in [7, 11) is 0. The first-order chi connectivity index (χ1) is 16.6. The normalized spacial score (nSPS) is 10.8. The molecule has 0 unspecified atom stereocenters. The molecule has 7 heteroatoms. The Kier molecular flexibility index (Phi) is 7.65. The summed E-state index contributed by atoms with van der Waals surface area (Å²) >= 11 is 0. The number of carbonyl (C=O) groups is 1. The summed E-state index contributed by atoms with van der Waals surface area (Å²) in [6.45, 7) is 2.75. The summed E-state index contributed by atoms with van der Waals surface area (Å²) in [5.41, 5.74) is 3.32. The molecule has 0 bridgehead atoms. The van der Waals surface area contributed by atoms with E-state index in [4.69, 9.17) is 9.26 Å². The highest BCUT2D eigenvalue weighted by Crippen LogP contribution is 2.19. The smallest absolute Gasteiger partial charge is 0.227 e. The van der Waals surface area contributed by atoms with Crippen LogP contribution < -0.4 is 10.1 Å². The van der Waals surface area contributed by atoms with Crippen LogP contribution in [0, 0.1) is 12.7 Å². The number of benzene rings is 3. The third-order valence-corrected chi connectivity index (χ3v) is 5.37. The van der Waals surface area contributed by atoms with E-state index in [1.54, 1.807) is 19.1 Å². The van der Waals surface area contributed by atoms with Gasteiger partial charge in [0.2, 0.25) is 17.6 Å². The number of carbonyl (C=O) groups excluding carboxylic acids is 1. The first-order valence-corrected chi connectivity index (χ1v) is 11.2. The lowest BCUT2D eigenvalue weighted by Gasteiger charge is -2.08. The molecule has 1 heterocycles. The van der Waals surface area contributed by atoms with Gasteiger partial charge in [0.1, 0.15) is 18.2 Å². The fourth-order valence-electron chi connectivity index (χ4n) is 3.35. The van der Waals surface area contributed by atoms with Gasteiger partial charge in [-0.15, -0.1) is 0 Å². The van der Waals surface area contributed by atoms with Gasteiger partial charge in [-0.2, -0.15) is 4.98 Å². The second kappa shape index (κ2) is 11.2. The zero-order valence-electron chi connectivity index (χ0n) is 19.0. The number of hydrogen-bond acceptors (Lipinski definition) is 5. The molecular formula is C27H26FN3O3. The molecule has 0 saturated heterocycles. The largest absolute Gasteiger partial charge is 0.489 e. The lowest BCUT2D eigenvalue weighted by Crippen LogP contribution is -2.25. The Labute approximate surface area is 197 Å². The van der Waals surface area contributed by atoms with E-state index in [2.05, 4.69) is 15.5 Å². The topological polar surface area (TPSA) is 77.2 Å². The van der Waals surface area contributed by atoms with Crippen molar-refractivity contribution in [3.8, 4) is 17.1 Å². The molecule has 0 aliphatic carbocycles.